The summed E-state index contributed by atoms with van der Waals surface area (Å²) in [5.41, 5.74) is 0. The molecule has 8 heteroatoms. The minimum atomic E-state index is -1.13. The second-order valence-corrected chi connectivity index (χ2v) is 4.91. The minimum Gasteiger partial charge on any atom is -0.480 e. The van der Waals surface area contributed by atoms with Gasteiger partial charge in [0.05, 0.1) is 19.3 Å². The number of carbonyl (C=O) groups is 3. The van der Waals surface area contributed by atoms with Gasteiger partial charge >= 0.3 is 12.0 Å². The lowest BCUT2D eigenvalue weighted by molar-refractivity contribution is -0.137. The Balaban J connectivity index is 1.98. The standard InChI is InChI=1S/C13H23N3O5/c17-11(15-9-12(18)19)8-16-13(20)14-6-7-21-10-4-2-1-3-5-10/h10H,1-9H2,(H,15,17)(H,18,19)(H2,14,16,20). The summed E-state index contributed by atoms with van der Waals surface area (Å²) >= 11 is 0. The van der Waals surface area contributed by atoms with E-state index in [1.54, 1.807) is 0 Å². The molecule has 8 nitrogen and oxygen atoms in total. The number of amides is 3. The third kappa shape index (κ3) is 8.85. The fourth-order valence-electron chi connectivity index (χ4n) is 2.08. The summed E-state index contributed by atoms with van der Waals surface area (Å²) in [7, 11) is 0. The van der Waals surface area contributed by atoms with Gasteiger partial charge in [-0.1, -0.05) is 19.3 Å². The Kier molecular flexibility index (Phi) is 8.18. The molecule has 0 saturated heterocycles. The molecule has 0 bridgehead atoms. The SMILES string of the molecule is O=C(O)CNC(=O)CNC(=O)NCCOC1CCCCC1. The number of urea groups is 1. The Morgan fingerprint density at radius 3 is 2.38 bits per heavy atom. The van der Waals surface area contributed by atoms with Gasteiger partial charge in [-0.2, -0.15) is 0 Å². The van der Waals surface area contributed by atoms with Gasteiger partial charge in [0.2, 0.25) is 5.91 Å². The molecule has 1 aliphatic carbocycles. The molecule has 4 N–H and O–H groups in total. The van der Waals surface area contributed by atoms with Crippen molar-refractivity contribution in [3.05, 3.63) is 0 Å². The number of carbonyl (C=O) groups excluding carboxylic acids is 2. The summed E-state index contributed by atoms with van der Waals surface area (Å²) in [5, 5.41) is 15.4. The fraction of sp³-hybridized carbons (Fsp3) is 0.769. The molecule has 0 aromatic rings. The molecule has 1 rings (SSSR count). The van der Waals surface area contributed by atoms with Crippen LogP contribution in [0.1, 0.15) is 32.1 Å². The van der Waals surface area contributed by atoms with E-state index in [0.717, 1.165) is 12.8 Å². The number of ether oxygens (including phenoxy) is 1. The third-order valence-electron chi connectivity index (χ3n) is 3.14. The van der Waals surface area contributed by atoms with E-state index in [1.807, 2.05) is 0 Å². The normalized spacial score (nSPS) is 15.2. The van der Waals surface area contributed by atoms with Gasteiger partial charge < -0.3 is 25.8 Å². The summed E-state index contributed by atoms with van der Waals surface area (Å²) in [6.07, 6.45) is 6.12. The Morgan fingerprint density at radius 1 is 1.00 bits per heavy atom. The molecular formula is C13H23N3O5. The Labute approximate surface area is 123 Å². The van der Waals surface area contributed by atoms with E-state index < -0.39 is 24.5 Å². The number of carboxylic acids is 1. The molecule has 1 fully saturated rings. The number of hydrogen-bond acceptors (Lipinski definition) is 4. The van der Waals surface area contributed by atoms with Gasteiger partial charge in [0.1, 0.15) is 6.54 Å². The van der Waals surface area contributed by atoms with Crippen molar-refractivity contribution in [2.45, 2.75) is 38.2 Å². The zero-order valence-electron chi connectivity index (χ0n) is 12.0. The number of aliphatic carboxylic acids is 1. The Bertz CT molecular complexity index is 356. The molecule has 0 unspecified atom stereocenters. The lowest BCUT2D eigenvalue weighted by Gasteiger charge is -2.22. The predicted octanol–water partition coefficient (Wildman–Crippen LogP) is -0.164. The van der Waals surface area contributed by atoms with Crippen molar-refractivity contribution in [2.24, 2.45) is 0 Å². The molecule has 0 radical (unpaired) electrons. The third-order valence-corrected chi connectivity index (χ3v) is 3.14. The molecule has 1 saturated carbocycles. The van der Waals surface area contributed by atoms with E-state index in [-0.39, 0.29) is 6.54 Å². The van der Waals surface area contributed by atoms with E-state index in [0.29, 0.717) is 19.3 Å². The maximum Gasteiger partial charge on any atom is 0.322 e. The van der Waals surface area contributed by atoms with Gasteiger partial charge in [-0.15, -0.1) is 0 Å². The van der Waals surface area contributed by atoms with Gasteiger partial charge in [0.15, 0.2) is 0 Å². The highest BCUT2D eigenvalue weighted by Crippen LogP contribution is 2.19. The predicted molar refractivity (Wildman–Crippen MR) is 74.9 cm³/mol. The minimum absolute atomic E-state index is 0.261. The molecule has 0 aromatic carbocycles. The van der Waals surface area contributed by atoms with Gasteiger partial charge in [0, 0.05) is 6.54 Å². The molecule has 0 heterocycles. The largest absolute Gasteiger partial charge is 0.480 e. The van der Waals surface area contributed by atoms with Crippen LogP contribution in [-0.4, -0.2) is 55.4 Å². The van der Waals surface area contributed by atoms with Crippen molar-refractivity contribution in [3.63, 3.8) is 0 Å². The molecule has 21 heavy (non-hydrogen) atoms. The summed E-state index contributed by atoms with van der Waals surface area (Å²) < 4.78 is 5.64. The lowest BCUT2D eigenvalue weighted by atomic mass is 9.98. The van der Waals surface area contributed by atoms with Crippen molar-refractivity contribution < 1.29 is 24.2 Å². The molecule has 120 valence electrons. The topological polar surface area (TPSA) is 117 Å². The zero-order valence-corrected chi connectivity index (χ0v) is 12.0. The van der Waals surface area contributed by atoms with E-state index in [9.17, 15) is 14.4 Å². The number of rotatable bonds is 8. The van der Waals surface area contributed by atoms with Crippen LogP contribution >= 0.6 is 0 Å². The van der Waals surface area contributed by atoms with Crippen LogP contribution in [0, 0.1) is 0 Å². The van der Waals surface area contributed by atoms with E-state index >= 15 is 0 Å². The van der Waals surface area contributed by atoms with Crippen molar-refractivity contribution in [2.75, 3.05) is 26.2 Å². The van der Waals surface area contributed by atoms with Crippen molar-refractivity contribution in [3.8, 4) is 0 Å². The van der Waals surface area contributed by atoms with Crippen LogP contribution in [0.25, 0.3) is 0 Å². The lowest BCUT2D eigenvalue weighted by Crippen LogP contribution is -2.44. The molecule has 0 atom stereocenters. The molecule has 0 spiro atoms. The highest BCUT2D eigenvalue weighted by atomic mass is 16.5. The van der Waals surface area contributed by atoms with Crippen molar-refractivity contribution in [1.82, 2.24) is 16.0 Å². The molecule has 0 aromatic heterocycles. The van der Waals surface area contributed by atoms with Crippen LogP contribution < -0.4 is 16.0 Å². The van der Waals surface area contributed by atoms with Crippen LogP contribution in [0.5, 0.6) is 0 Å². The van der Waals surface area contributed by atoms with Gasteiger partial charge in [0.25, 0.3) is 0 Å². The van der Waals surface area contributed by atoms with E-state index in [2.05, 4.69) is 16.0 Å². The maximum absolute atomic E-state index is 11.4. The summed E-state index contributed by atoms with van der Waals surface area (Å²) in [4.78, 5) is 32.7. The maximum atomic E-state index is 11.4. The average Bonchev–Trinajstić information content (AvgIpc) is 2.48. The van der Waals surface area contributed by atoms with Crippen LogP contribution in [0.3, 0.4) is 0 Å². The van der Waals surface area contributed by atoms with Crippen LogP contribution in [0.2, 0.25) is 0 Å². The van der Waals surface area contributed by atoms with Crippen molar-refractivity contribution in [1.29, 1.82) is 0 Å². The Hall–Kier alpha value is -1.83. The van der Waals surface area contributed by atoms with Crippen LogP contribution in [0.4, 0.5) is 4.79 Å². The first-order valence-electron chi connectivity index (χ1n) is 7.19. The average molecular weight is 301 g/mol. The number of nitrogens with one attached hydrogen (secondary N) is 3. The zero-order chi connectivity index (χ0) is 15.5. The first kappa shape index (κ1) is 17.2. The highest BCUT2D eigenvalue weighted by Gasteiger charge is 2.13. The summed E-state index contributed by atoms with van der Waals surface area (Å²) in [5.74, 6) is -1.68. The van der Waals surface area contributed by atoms with Crippen LogP contribution in [0.15, 0.2) is 0 Å². The molecule has 1 aliphatic rings. The quantitative estimate of drug-likeness (QED) is 0.465. The number of carboxylic acid groups (broad SMARTS) is 1. The first-order valence-corrected chi connectivity index (χ1v) is 7.19. The second kappa shape index (κ2) is 9.98. The summed E-state index contributed by atoms with van der Waals surface area (Å²) in [6.45, 7) is 0.0995. The fourth-order valence-corrected chi connectivity index (χ4v) is 2.08. The van der Waals surface area contributed by atoms with Crippen molar-refractivity contribution >= 4 is 17.9 Å². The monoisotopic (exact) mass is 301 g/mol. The first-order chi connectivity index (χ1) is 10.1. The summed E-state index contributed by atoms with van der Waals surface area (Å²) in [6, 6.07) is -0.479. The van der Waals surface area contributed by atoms with Gasteiger partial charge in [-0.3, -0.25) is 9.59 Å². The van der Waals surface area contributed by atoms with Gasteiger partial charge in [-0.25, -0.2) is 4.79 Å². The Morgan fingerprint density at radius 2 is 1.71 bits per heavy atom. The molecule has 0 aliphatic heterocycles. The smallest absolute Gasteiger partial charge is 0.322 e. The van der Waals surface area contributed by atoms with E-state index in [4.69, 9.17) is 9.84 Å². The highest BCUT2D eigenvalue weighted by molar-refractivity contribution is 5.86. The van der Waals surface area contributed by atoms with Gasteiger partial charge in [-0.05, 0) is 12.8 Å². The van der Waals surface area contributed by atoms with Crippen LogP contribution in [-0.2, 0) is 14.3 Å². The molecular weight excluding hydrogens is 278 g/mol. The molecule has 3 amide bonds. The second-order valence-electron chi connectivity index (χ2n) is 4.91. The number of hydrogen-bond donors (Lipinski definition) is 4. The van der Waals surface area contributed by atoms with E-state index in [1.165, 1.54) is 19.3 Å².